The molecule has 18 heavy (non-hydrogen) atoms. The topological polar surface area (TPSA) is 42.2 Å². The SMILES string of the molecule is CCc1nc(CN2CC3CCCC(N)C3C2)cs1. The Labute approximate surface area is 113 Å². The fourth-order valence-corrected chi connectivity index (χ4v) is 4.29. The van der Waals surface area contributed by atoms with Gasteiger partial charge >= 0.3 is 0 Å². The lowest BCUT2D eigenvalue weighted by Gasteiger charge is -2.29. The molecule has 1 saturated carbocycles. The zero-order valence-corrected chi connectivity index (χ0v) is 12.0. The highest BCUT2D eigenvalue weighted by molar-refractivity contribution is 7.09. The summed E-state index contributed by atoms with van der Waals surface area (Å²) in [6.45, 7) is 5.62. The van der Waals surface area contributed by atoms with Gasteiger partial charge in [0.1, 0.15) is 0 Å². The molecule has 3 unspecified atom stereocenters. The van der Waals surface area contributed by atoms with Crippen LogP contribution in [0.4, 0.5) is 0 Å². The molecule has 0 spiro atoms. The van der Waals surface area contributed by atoms with E-state index in [0.717, 1.165) is 24.8 Å². The third-order valence-electron chi connectivity index (χ3n) is 4.52. The van der Waals surface area contributed by atoms with Crippen LogP contribution in [-0.2, 0) is 13.0 Å². The van der Waals surface area contributed by atoms with Gasteiger partial charge in [0.15, 0.2) is 0 Å². The van der Waals surface area contributed by atoms with E-state index < -0.39 is 0 Å². The van der Waals surface area contributed by atoms with Crippen molar-refractivity contribution in [1.29, 1.82) is 0 Å². The molecule has 3 nitrogen and oxygen atoms in total. The summed E-state index contributed by atoms with van der Waals surface area (Å²) in [6.07, 6.45) is 4.99. The van der Waals surface area contributed by atoms with Gasteiger partial charge in [0.05, 0.1) is 10.7 Å². The average molecular weight is 265 g/mol. The molecule has 3 atom stereocenters. The second kappa shape index (κ2) is 5.27. The van der Waals surface area contributed by atoms with Crippen LogP contribution in [0.1, 0.15) is 36.9 Å². The van der Waals surface area contributed by atoms with Crippen molar-refractivity contribution >= 4 is 11.3 Å². The lowest BCUT2D eigenvalue weighted by atomic mass is 9.78. The molecule has 4 heteroatoms. The Bertz CT molecular complexity index is 403. The molecule has 0 radical (unpaired) electrons. The van der Waals surface area contributed by atoms with Gasteiger partial charge in [-0.3, -0.25) is 4.90 Å². The number of nitrogens with zero attached hydrogens (tertiary/aromatic N) is 2. The van der Waals surface area contributed by atoms with Gasteiger partial charge in [-0.1, -0.05) is 13.3 Å². The number of aryl methyl sites for hydroxylation is 1. The van der Waals surface area contributed by atoms with Crippen LogP contribution in [-0.4, -0.2) is 29.0 Å². The third-order valence-corrected chi connectivity index (χ3v) is 5.56. The number of hydrogen-bond donors (Lipinski definition) is 1. The van der Waals surface area contributed by atoms with Crippen molar-refractivity contribution in [2.24, 2.45) is 17.6 Å². The van der Waals surface area contributed by atoms with Crippen LogP contribution in [0.3, 0.4) is 0 Å². The molecule has 1 aromatic heterocycles. The van der Waals surface area contributed by atoms with E-state index in [4.69, 9.17) is 5.73 Å². The molecular weight excluding hydrogens is 242 g/mol. The van der Waals surface area contributed by atoms with Gasteiger partial charge in [-0.15, -0.1) is 11.3 Å². The zero-order chi connectivity index (χ0) is 12.5. The predicted molar refractivity (Wildman–Crippen MR) is 75.6 cm³/mol. The van der Waals surface area contributed by atoms with E-state index >= 15 is 0 Å². The number of hydrogen-bond acceptors (Lipinski definition) is 4. The van der Waals surface area contributed by atoms with Crippen LogP contribution in [0.2, 0.25) is 0 Å². The number of likely N-dealkylation sites (tertiary alicyclic amines) is 1. The van der Waals surface area contributed by atoms with E-state index in [1.54, 1.807) is 11.3 Å². The van der Waals surface area contributed by atoms with Crippen molar-refractivity contribution in [3.8, 4) is 0 Å². The van der Waals surface area contributed by atoms with E-state index in [0.29, 0.717) is 6.04 Å². The van der Waals surface area contributed by atoms with Gasteiger partial charge in [-0.2, -0.15) is 0 Å². The van der Waals surface area contributed by atoms with Gasteiger partial charge in [0.2, 0.25) is 0 Å². The summed E-state index contributed by atoms with van der Waals surface area (Å²) in [4.78, 5) is 7.24. The highest BCUT2D eigenvalue weighted by atomic mass is 32.1. The molecule has 1 aliphatic heterocycles. The molecule has 1 saturated heterocycles. The monoisotopic (exact) mass is 265 g/mol. The fourth-order valence-electron chi connectivity index (χ4n) is 3.55. The molecule has 100 valence electrons. The molecule has 2 N–H and O–H groups in total. The van der Waals surface area contributed by atoms with Crippen LogP contribution in [0, 0.1) is 11.8 Å². The van der Waals surface area contributed by atoms with E-state index in [-0.39, 0.29) is 0 Å². The minimum atomic E-state index is 0.440. The highest BCUT2D eigenvalue weighted by Gasteiger charge is 2.38. The Hall–Kier alpha value is -0.450. The van der Waals surface area contributed by atoms with Crippen LogP contribution in [0.5, 0.6) is 0 Å². The first-order valence-corrected chi connectivity index (χ1v) is 8.05. The lowest BCUT2D eigenvalue weighted by Crippen LogP contribution is -2.38. The smallest absolute Gasteiger partial charge is 0.0926 e. The Morgan fingerprint density at radius 2 is 2.33 bits per heavy atom. The predicted octanol–water partition coefficient (Wildman–Crippen LogP) is 2.26. The molecular formula is C14H23N3S. The van der Waals surface area contributed by atoms with Crippen LogP contribution >= 0.6 is 11.3 Å². The third kappa shape index (κ3) is 2.46. The van der Waals surface area contributed by atoms with Gasteiger partial charge in [0.25, 0.3) is 0 Å². The summed E-state index contributed by atoms with van der Waals surface area (Å²) in [5, 5.41) is 3.49. The highest BCUT2D eigenvalue weighted by Crippen LogP contribution is 2.36. The number of rotatable bonds is 3. The van der Waals surface area contributed by atoms with Gasteiger partial charge in [0, 0.05) is 31.1 Å². The average Bonchev–Trinajstić information content (AvgIpc) is 2.96. The van der Waals surface area contributed by atoms with E-state index in [2.05, 4.69) is 22.2 Å². The van der Waals surface area contributed by atoms with Gasteiger partial charge in [-0.25, -0.2) is 4.98 Å². The molecule has 0 aromatic carbocycles. The van der Waals surface area contributed by atoms with Crippen molar-refractivity contribution in [3.63, 3.8) is 0 Å². The Morgan fingerprint density at radius 3 is 3.06 bits per heavy atom. The second-order valence-electron chi connectivity index (χ2n) is 5.80. The maximum Gasteiger partial charge on any atom is 0.0926 e. The normalized spacial score (nSPS) is 32.7. The van der Waals surface area contributed by atoms with Crippen LogP contribution in [0.25, 0.3) is 0 Å². The largest absolute Gasteiger partial charge is 0.327 e. The van der Waals surface area contributed by atoms with Gasteiger partial charge < -0.3 is 5.73 Å². The molecule has 0 amide bonds. The first-order chi connectivity index (χ1) is 8.76. The van der Waals surface area contributed by atoms with Crippen LogP contribution in [0.15, 0.2) is 5.38 Å². The first-order valence-electron chi connectivity index (χ1n) is 7.17. The maximum atomic E-state index is 6.26. The van der Waals surface area contributed by atoms with Crippen molar-refractivity contribution in [1.82, 2.24) is 9.88 Å². The molecule has 1 aliphatic carbocycles. The molecule has 2 fully saturated rings. The fraction of sp³-hybridized carbons (Fsp3) is 0.786. The van der Waals surface area contributed by atoms with Crippen molar-refractivity contribution in [2.75, 3.05) is 13.1 Å². The molecule has 2 heterocycles. The molecule has 2 aliphatic rings. The quantitative estimate of drug-likeness (QED) is 0.911. The van der Waals surface area contributed by atoms with E-state index in [1.807, 2.05) is 0 Å². The maximum absolute atomic E-state index is 6.26. The minimum absolute atomic E-state index is 0.440. The first kappa shape index (κ1) is 12.6. The number of nitrogens with two attached hydrogens (primary N) is 1. The summed E-state index contributed by atoms with van der Waals surface area (Å²) < 4.78 is 0. The summed E-state index contributed by atoms with van der Waals surface area (Å²) in [7, 11) is 0. The summed E-state index contributed by atoms with van der Waals surface area (Å²) in [5.41, 5.74) is 7.51. The van der Waals surface area contributed by atoms with Gasteiger partial charge in [-0.05, 0) is 31.1 Å². The zero-order valence-electron chi connectivity index (χ0n) is 11.1. The summed E-state index contributed by atoms with van der Waals surface area (Å²) in [5.74, 6) is 1.58. The number of aromatic nitrogens is 1. The summed E-state index contributed by atoms with van der Waals surface area (Å²) >= 11 is 1.80. The van der Waals surface area contributed by atoms with E-state index in [9.17, 15) is 0 Å². The minimum Gasteiger partial charge on any atom is -0.327 e. The number of fused-ring (bicyclic) bond motifs is 1. The van der Waals surface area contributed by atoms with Crippen molar-refractivity contribution in [3.05, 3.63) is 16.1 Å². The summed E-state index contributed by atoms with van der Waals surface area (Å²) in [6, 6.07) is 0.440. The molecule has 1 aromatic rings. The van der Waals surface area contributed by atoms with Crippen molar-refractivity contribution < 1.29 is 0 Å². The standard InChI is InChI=1S/C14H23N3S/c1-2-14-16-11(9-18-14)7-17-6-10-4-3-5-13(15)12(10)8-17/h9-10,12-13H,2-8,15H2,1H3. The second-order valence-corrected chi connectivity index (χ2v) is 6.74. The molecule has 3 rings (SSSR count). The Morgan fingerprint density at radius 1 is 1.44 bits per heavy atom. The Kier molecular flexibility index (Phi) is 3.68. The van der Waals surface area contributed by atoms with Crippen molar-refractivity contribution in [2.45, 2.75) is 45.2 Å². The van der Waals surface area contributed by atoms with E-state index in [1.165, 1.54) is 43.1 Å². The lowest BCUT2D eigenvalue weighted by molar-refractivity contribution is 0.259. The number of thiazole rings is 1. The Balaban J connectivity index is 1.61. The van der Waals surface area contributed by atoms with Crippen LogP contribution < -0.4 is 5.73 Å². The molecule has 0 bridgehead atoms.